The van der Waals surface area contributed by atoms with E-state index in [0.29, 0.717) is 37.5 Å². The summed E-state index contributed by atoms with van der Waals surface area (Å²) in [6.45, 7) is 1.77. The van der Waals surface area contributed by atoms with Crippen LogP contribution in [-0.2, 0) is 11.3 Å². The smallest absolute Gasteiger partial charge is 0.209 e. The molecule has 0 unspecified atom stereocenters. The standard InChI is InChI=1S/C13H17ClFN3O/c14-11-1-2-12(17-7-11)8-16-9-13(15)3-5-18(10-19)6-4-13/h1-2,7,10,16H,3-6,8-9H2. The molecule has 19 heavy (non-hydrogen) atoms. The maximum Gasteiger partial charge on any atom is 0.209 e. The molecular formula is C13H17ClFN3O. The normalized spacial score (nSPS) is 18.3. The number of hydrogen-bond donors (Lipinski definition) is 1. The Morgan fingerprint density at radius 3 is 2.79 bits per heavy atom. The first kappa shape index (κ1) is 14.2. The maximum absolute atomic E-state index is 14.4. The Morgan fingerprint density at radius 2 is 2.21 bits per heavy atom. The average molecular weight is 286 g/mol. The summed E-state index contributed by atoms with van der Waals surface area (Å²) in [6, 6.07) is 3.58. The fourth-order valence-corrected chi connectivity index (χ4v) is 2.24. The Labute approximate surface area is 117 Å². The largest absolute Gasteiger partial charge is 0.345 e. The Hall–Kier alpha value is -1.20. The van der Waals surface area contributed by atoms with Crippen molar-refractivity contribution in [3.8, 4) is 0 Å². The highest BCUT2D eigenvalue weighted by Crippen LogP contribution is 2.25. The lowest BCUT2D eigenvalue weighted by atomic mass is 9.93. The van der Waals surface area contributed by atoms with Crippen molar-refractivity contribution in [2.24, 2.45) is 0 Å². The number of amides is 1. The van der Waals surface area contributed by atoms with Crippen molar-refractivity contribution >= 4 is 18.0 Å². The van der Waals surface area contributed by atoms with Gasteiger partial charge in [0.2, 0.25) is 6.41 Å². The topological polar surface area (TPSA) is 45.2 Å². The second kappa shape index (κ2) is 6.30. The molecule has 1 saturated heterocycles. The number of nitrogens with one attached hydrogen (secondary N) is 1. The van der Waals surface area contributed by atoms with Crippen LogP contribution in [0.5, 0.6) is 0 Å². The van der Waals surface area contributed by atoms with E-state index in [4.69, 9.17) is 11.6 Å². The number of alkyl halides is 1. The zero-order valence-electron chi connectivity index (χ0n) is 10.6. The lowest BCUT2D eigenvalue weighted by Gasteiger charge is -2.34. The number of hydrogen-bond acceptors (Lipinski definition) is 3. The quantitative estimate of drug-likeness (QED) is 0.839. The first-order valence-corrected chi connectivity index (χ1v) is 6.68. The first-order chi connectivity index (χ1) is 9.11. The fourth-order valence-electron chi connectivity index (χ4n) is 2.13. The molecule has 6 heteroatoms. The van der Waals surface area contributed by atoms with E-state index in [-0.39, 0.29) is 6.54 Å². The van der Waals surface area contributed by atoms with Crippen molar-refractivity contribution in [1.29, 1.82) is 0 Å². The third-order valence-corrected chi connectivity index (χ3v) is 3.60. The van der Waals surface area contributed by atoms with Gasteiger partial charge in [-0.1, -0.05) is 11.6 Å². The Morgan fingerprint density at radius 1 is 1.47 bits per heavy atom. The van der Waals surface area contributed by atoms with Crippen LogP contribution >= 0.6 is 11.6 Å². The molecule has 1 fully saturated rings. The van der Waals surface area contributed by atoms with Crippen molar-refractivity contribution in [1.82, 2.24) is 15.2 Å². The highest BCUT2D eigenvalue weighted by molar-refractivity contribution is 6.30. The first-order valence-electron chi connectivity index (χ1n) is 6.31. The summed E-state index contributed by atoms with van der Waals surface area (Å²) in [5, 5.41) is 3.67. The van der Waals surface area contributed by atoms with Gasteiger partial charge in [-0.2, -0.15) is 0 Å². The molecule has 1 amide bonds. The number of carbonyl (C=O) groups excluding carboxylic acids is 1. The summed E-state index contributed by atoms with van der Waals surface area (Å²) in [4.78, 5) is 16.3. The molecule has 0 spiro atoms. The van der Waals surface area contributed by atoms with Crippen LogP contribution in [0.2, 0.25) is 5.02 Å². The summed E-state index contributed by atoms with van der Waals surface area (Å²) >= 11 is 5.74. The molecule has 0 aliphatic carbocycles. The van der Waals surface area contributed by atoms with Crippen LogP contribution < -0.4 is 5.32 Å². The van der Waals surface area contributed by atoms with Gasteiger partial charge in [0.25, 0.3) is 0 Å². The van der Waals surface area contributed by atoms with Crippen LogP contribution in [0.4, 0.5) is 4.39 Å². The fraction of sp³-hybridized carbons (Fsp3) is 0.538. The van der Waals surface area contributed by atoms with Crippen molar-refractivity contribution in [3.05, 3.63) is 29.0 Å². The predicted molar refractivity (Wildman–Crippen MR) is 71.7 cm³/mol. The minimum absolute atomic E-state index is 0.282. The van der Waals surface area contributed by atoms with E-state index in [1.807, 2.05) is 6.07 Å². The highest BCUT2D eigenvalue weighted by atomic mass is 35.5. The van der Waals surface area contributed by atoms with Crippen molar-refractivity contribution in [2.45, 2.75) is 25.1 Å². The molecule has 1 aromatic rings. The average Bonchev–Trinajstić information content (AvgIpc) is 2.42. The zero-order valence-corrected chi connectivity index (χ0v) is 11.4. The molecule has 1 aliphatic rings. The van der Waals surface area contributed by atoms with E-state index in [0.717, 1.165) is 12.1 Å². The van der Waals surface area contributed by atoms with E-state index in [2.05, 4.69) is 10.3 Å². The van der Waals surface area contributed by atoms with Crippen molar-refractivity contribution < 1.29 is 9.18 Å². The van der Waals surface area contributed by atoms with Crippen molar-refractivity contribution in [3.63, 3.8) is 0 Å². The zero-order chi connectivity index (χ0) is 13.7. The van der Waals surface area contributed by atoms with Crippen LogP contribution in [0.3, 0.4) is 0 Å². The Balaban J connectivity index is 1.76. The summed E-state index contributed by atoms with van der Waals surface area (Å²) < 4.78 is 14.4. The van der Waals surface area contributed by atoms with Crippen LogP contribution in [0, 0.1) is 0 Å². The van der Waals surface area contributed by atoms with Crippen LogP contribution in [-0.4, -0.2) is 41.6 Å². The minimum Gasteiger partial charge on any atom is -0.345 e. The predicted octanol–water partition coefficient (Wildman–Crippen LogP) is 1.79. The summed E-state index contributed by atoms with van der Waals surface area (Å²) in [5.74, 6) is 0. The van der Waals surface area contributed by atoms with Crippen LogP contribution in [0.25, 0.3) is 0 Å². The molecule has 104 valence electrons. The Bertz CT molecular complexity index is 418. The number of likely N-dealkylation sites (tertiary alicyclic amines) is 1. The molecule has 1 aliphatic heterocycles. The summed E-state index contributed by atoms with van der Waals surface area (Å²) in [5.41, 5.74) is -0.398. The lowest BCUT2D eigenvalue weighted by Crippen LogP contribution is -2.46. The SMILES string of the molecule is O=CN1CCC(F)(CNCc2ccc(Cl)cn2)CC1. The third kappa shape index (κ3) is 4.14. The van der Waals surface area contributed by atoms with E-state index in [1.54, 1.807) is 17.2 Å². The number of aromatic nitrogens is 1. The minimum atomic E-state index is -1.23. The molecule has 2 heterocycles. The van der Waals surface area contributed by atoms with Gasteiger partial charge >= 0.3 is 0 Å². The van der Waals surface area contributed by atoms with Gasteiger partial charge in [-0.15, -0.1) is 0 Å². The van der Waals surface area contributed by atoms with Gasteiger partial charge in [-0.25, -0.2) is 4.39 Å². The molecule has 1 aromatic heterocycles. The van der Waals surface area contributed by atoms with E-state index >= 15 is 0 Å². The third-order valence-electron chi connectivity index (χ3n) is 3.38. The summed E-state index contributed by atoms with van der Waals surface area (Å²) in [6.07, 6.45) is 3.12. The maximum atomic E-state index is 14.4. The monoisotopic (exact) mass is 285 g/mol. The van der Waals surface area contributed by atoms with Gasteiger partial charge in [0.05, 0.1) is 10.7 Å². The Kier molecular flexibility index (Phi) is 4.71. The molecule has 0 aromatic carbocycles. The van der Waals surface area contributed by atoms with Gasteiger partial charge < -0.3 is 10.2 Å². The lowest BCUT2D eigenvalue weighted by molar-refractivity contribution is -0.120. The number of nitrogens with zero attached hydrogens (tertiary/aromatic N) is 2. The molecule has 2 rings (SSSR count). The van der Waals surface area contributed by atoms with Gasteiger partial charge in [-0.3, -0.25) is 9.78 Å². The number of piperidine rings is 1. The summed E-state index contributed by atoms with van der Waals surface area (Å²) in [7, 11) is 0. The van der Waals surface area contributed by atoms with Gasteiger partial charge in [0.15, 0.2) is 0 Å². The number of halogens is 2. The van der Waals surface area contributed by atoms with Gasteiger partial charge in [0.1, 0.15) is 5.67 Å². The van der Waals surface area contributed by atoms with Gasteiger partial charge in [-0.05, 0) is 12.1 Å². The second-order valence-corrected chi connectivity index (χ2v) is 5.30. The van der Waals surface area contributed by atoms with Crippen molar-refractivity contribution in [2.75, 3.05) is 19.6 Å². The molecule has 0 atom stereocenters. The molecule has 1 N–H and O–H groups in total. The number of pyridine rings is 1. The molecule has 0 saturated carbocycles. The molecule has 4 nitrogen and oxygen atoms in total. The molecular weight excluding hydrogens is 269 g/mol. The number of carbonyl (C=O) groups is 1. The van der Waals surface area contributed by atoms with Crippen LogP contribution in [0.1, 0.15) is 18.5 Å². The second-order valence-electron chi connectivity index (χ2n) is 4.86. The number of rotatable bonds is 5. The van der Waals surface area contributed by atoms with E-state index in [1.165, 1.54) is 0 Å². The van der Waals surface area contributed by atoms with E-state index in [9.17, 15) is 9.18 Å². The van der Waals surface area contributed by atoms with Gasteiger partial charge in [0, 0.05) is 45.2 Å². The molecule has 0 radical (unpaired) electrons. The highest BCUT2D eigenvalue weighted by Gasteiger charge is 2.33. The van der Waals surface area contributed by atoms with E-state index < -0.39 is 5.67 Å². The molecule has 0 bridgehead atoms. The van der Waals surface area contributed by atoms with Crippen LogP contribution in [0.15, 0.2) is 18.3 Å².